The third-order valence-corrected chi connectivity index (χ3v) is 4.96. The van der Waals surface area contributed by atoms with Gasteiger partial charge in [0, 0.05) is 18.2 Å². The van der Waals surface area contributed by atoms with Crippen LogP contribution in [0, 0.1) is 24.2 Å². The number of nitrogens with zero attached hydrogens (tertiary/aromatic N) is 1. The van der Waals surface area contributed by atoms with Crippen LogP contribution in [0.5, 0.6) is 0 Å². The second kappa shape index (κ2) is 5.52. The van der Waals surface area contributed by atoms with Gasteiger partial charge in [-0.3, -0.25) is 9.78 Å². The third kappa shape index (κ3) is 2.85. The van der Waals surface area contributed by atoms with Crippen LogP contribution in [0.4, 0.5) is 5.69 Å². The summed E-state index contributed by atoms with van der Waals surface area (Å²) in [4.78, 5) is 16.7. The first-order chi connectivity index (χ1) is 9.32. The van der Waals surface area contributed by atoms with E-state index in [1.807, 2.05) is 13.0 Å². The summed E-state index contributed by atoms with van der Waals surface area (Å²) in [7, 11) is 0. The van der Waals surface area contributed by atoms with Gasteiger partial charge in [0.05, 0.1) is 11.9 Å². The lowest BCUT2D eigenvalue weighted by atomic mass is 9.61. The first kappa shape index (κ1) is 15.0. The molecule has 0 bridgehead atoms. The molecule has 1 aliphatic rings. The number of nitrogens with two attached hydrogens (primary N) is 1. The first-order valence-electron chi connectivity index (χ1n) is 7.30. The van der Waals surface area contributed by atoms with Crippen molar-refractivity contribution in [3.8, 4) is 0 Å². The maximum atomic E-state index is 12.6. The minimum Gasteiger partial charge on any atom is -0.327 e. The molecular weight excluding hydrogens is 250 g/mol. The Labute approximate surface area is 121 Å². The van der Waals surface area contributed by atoms with Crippen molar-refractivity contribution < 1.29 is 4.79 Å². The molecule has 1 aromatic heterocycles. The monoisotopic (exact) mass is 275 g/mol. The minimum absolute atomic E-state index is 0.00203. The molecule has 1 aliphatic carbocycles. The van der Waals surface area contributed by atoms with Crippen molar-refractivity contribution in [2.45, 2.75) is 46.6 Å². The lowest BCUT2D eigenvalue weighted by Gasteiger charge is -2.46. The number of nitrogens with one attached hydrogen (secondary N) is 1. The second-order valence-corrected chi connectivity index (χ2v) is 6.64. The zero-order chi connectivity index (χ0) is 14.9. The number of aromatic nitrogens is 1. The second-order valence-electron chi connectivity index (χ2n) is 6.64. The molecule has 0 aromatic carbocycles. The van der Waals surface area contributed by atoms with Crippen molar-refractivity contribution >= 4 is 11.6 Å². The number of carbonyl (C=O) groups is 1. The fraction of sp³-hybridized carbons (Fsp3) is 0.625. The normalized spacial score (nSPS) is 28.9. The molecule has 1 fully saturated rings. The van der Waals surface area contributed by atoms with Gasteiger partial charge in [0.2, 0.25) is 5.91 Å². The number of anilines is 1. The Bertz CT molecular complexity index is 498. The molecule has 4 heteroatoms. The summed E-state index contributed by atoms with van der Waals surface area (Å²) >= 11 is 0. The summed E-state index contributed by atoms with van der Waals surface area (Å²) in [5, 5.41) is 3.00. The van der Waals surface area contributed by atoms with Crippen LogP contribution in [0.25, 0.3) is 0 Å². The summed E-state index contributed by atoms with van der Waals surface area (Å²) in [5.74, 6) is 0.418. The Hall–Kier alpha value is -1.42. The van der Waals surface area contributed by atoms with Crippen LogP contribution in [0.3, 0.4) is 0 Å². The first-order valence-corrected chi connectivity index (χ1v) is 7.30. The largest absolute Gasteiger partial charge is 0.327 e. The topological polar surface area (TPSA) is 68.0 Å². The molecule has 20 heavy (non-hydrogen) atoms. The molecule has 0 radical (unpaired) electrons. The van der Waals surface area contributed by atoms with Crippen LogP contribution in [0.2, 0.25) is 0 Å². The molecule has 1 saturated carbocycles. The summed E-state index contributed by atoms with van der Waals surface area (Å²) in [6.07, 6.45) is 5.23. The van der Waals surface area contributed by atoms with Crippen molar-refractivity contribution in [3.05, 3.63) is 24.0 Å². The number of amides is 1. The minimum atomic E-state index is -0.0843. The van der Waals surface area contributed by atoms with E-state index in [2.05, 4.69) is 31.1 Å². The van der Waals surface area contributed by atoms with Crippen molar-refractivity contribution in [3.63, 3.8) is 0 Å². The van der Waals surface area contributed by atoms with Crippen LogP contribution in [-0.4, -0.2) is 16.9 Å². The van der Waals surface area contributed by atoms with Gasteiger partial charge in [-0.1, -0.05) is 20.8 Å². The van der Waals surface area contributed by atoms with Gasteiger partial charge >= 0.3 is 0 Å². The highest BCUT2D eigenvalue weighted by Gasteiger charge is 2.44. The summed E-state index contributed by atoms with van der Waals surface area (Å²) < 4.78 is 0. The number of rotatable bonds is 2. The molecule has 110 valence electrons. The zero-order valence-corrected chi connectivity index (χ0v) is 12.8. The standard InChI is InChI=1S/C16H25N3O/c1-10-7-12(9-18-8-10)19-15(20)13-5-6-14(17)11(2)16(13,3)4/h7-9,11,13-14H,5-6,17H2,1-4H3,(H,19,20). The molecule has 3 unspecified atom stereocenters. The maximum absolute atomic E-state index is 12.6. The third-order valence-electron chi connectivity index (χ3n) is 4.96. The smallest absolute Gasteiger partial charge is 0.228 e. The van der Waals surface area contributed by atoms with E-state index in [4.69, 9.17) is 5.73 Å². The van der Waals surface area contributed by atoms with Crippen LogP contribution < -0.4 is 11.1 Å². The van der Waals surface area contributed by atoms with Crippen molar-refractivity contribution in [1.29, 1.82) is 0 Å². The number of hydrogen-bond acceptors (Lipinski definition) is 3. The van der Waals surface area contributed by atoms with Gasteiger partial charge in [0.15, 0.2) is 0 Å². The predicted molar refractivity (Wildman–Crippen MR) is 81.2 cm³/mol. The van der Waals surface area contributed by atoms with Gasteiger partial charge in [-0.2, -0.15) is 0 Å². The molecular formula is C16H25N3O. The van der Waals surface area contributed by atoms with Crippen molar-refractivity contribution in [2.75, 3.05) is 5.32 Å². The summed E-state index contributed by atoms with van der Waals surface area (Å²) in [5.41, 5.74) is 7.88. The Morgan fingerprint density at radius 3 is 2.75 bits per heavy atom. The molecule has 1 aromatic rings. The number of aryl methyl sites for hydroxylation is 1. The van der Waals surface area contributed by atoms with E-state index in [1.54, 1.807) is 12.4 Å². The van der Waals surface area contributed by atoms with Gasteiger partial charge in [-0.05, 0) is 42.7 Å². The lowest BCUT2D eigenvalue weighted by Crippen LogP contribution is -2.50. The average molecular weight is 275 g/mol. The highest BCUT2D eigenvalue weighted by atomic mass is 16.1. The fourth-order valence-electron chi connectivity index (χ4n) is 3.17. The number of carbonyl (C=O) groups excluding carboxylic acids is 1. The molecule has 0 spiro atoms. The van der Waals surface area contributed by atoms with Gasteiger partial charge in [0.25, 0.3) is 0 Å². The van der Waals surface area contributed by atoms with E-state index in [9.17, 15) is 4.79 Å². The van der Waals surface area contributed by atoms with E-state index >= 15 is 0 Å². The molecule has 1 amide bonds. The van der Waals surface area contributed by atoms with Crippen molar-refractivity contribution in [2.24, 2.45) is 23.0 Å². The molecule has 2 rings (SSSR count). The molecule has 3 atom stereocenters. The molecule has 4 nitrogen and oxygen atoms in total. The van der Waals surface area contributed by atoms with Gasteiger partial charge in [0.1, 0.15) is 0 Å². The van der Waals surface area contributed by atoms with Crippen LogP contribution in [-0.2, 0) is 4.79 Å². The predicted octanol–water partition coefficient (Wildman–Crippen LogP) is 2.73. The van der Waals surface area contributed by atoms with E-state index in [0.717, 1.165) is 24.1 Å². The summed E-state index contributed by atoms with van der Waals surface area (Å²) in [6.45, 7) is 8.41. The van der Waals surface area contributed by atoms with E-state index in [-0.39, 0.29) is 23.3 Å². The SMILES string of the molecule is Cc1cncc(NC(=O)C2CCC(N)C(C)C2(C)C)c1. The van der Waals surface area contributed by atoms with Crippen molar-refractivity contribution in [1.82, 2.24) is 4.98 Å². The molecule has 3 N–H and O–H groups in total. The van der Waals surface area contributed by atoms with Crippen LogP contribution in [0.1, 0.15) is 39.2 Å². The van der Waals surface area contributed by atoms with E-state index in [1.165, 1.54) is 0 Å². The van der Waals surface area contributed by atoms with Crippen LogP contribution in [0.15, 0.2) is 18.5 Å². The Morgan fingerprint density at radius 2 is 2.10 bits per heavy atom. The highest BCUT2D eigenvalue weighted by Crippen LogP contribution is 2.44. The highest BCUT2D eigenvalue weighted by molar-refractivity contribution is 5.93. The Kier molecular flexibility index (Phi) is 4.14. The van der Waals surface area contributed by atoms with E-state index in [0.29, 0.717) is 5.92 Å². The fourth-order valence-corrected chi connectivity index (χ4v) is 3.17. The average Bonchev–Trinajstić information content (AvgIpc) is 2.36. The van der Waals surface area contributed by atoms with Crippen LogP contribution >= 0.6 is 0 Å². The number of pyridine rings is 1. The van der Waals surface area contributed by atoms with E-state index < -0.39 is 0 Å². The summed E-state index contributed by atoms with van der Waals surface area (Å²) in [6, 6.07) is 2.13. The maximum Gasteiger partial charge on any atom is 0.228 e. The van der Waals surface area contributed by atoms with Gasteiger partial charge < -0.3 is 11.1 Å². The Morgan fingerprint density at radius 1 is 1.40 bits per heavy atom. The quantitative estimate of drug-likeness (QED) is 0.872. The Balaban J connectivity index is 2.13. The molecule has 1 heterocycles. The van der Waals surface area contributed by atoms with Gasteiger partial charge in [-0.15, -0.1) is 0 Å². The zero-order valence-electron chi connectivity index (χ0n) is 12.8. The van der Waals surface area contributed by atoms with Gasteiger partial charge in [-0.25, -0.2) is 0 Å². The molecule has 0 saturated heterocycles. The molecule has 0 aliphatic heterocycles. The number of hydrogen-bond donors (Lipinski definition) is 2. The lowest BCUT2D eigenvalue weighted by molar-refractivity contribution is -0.127.